The molecule has 29 heavy (non-hydrogen) atoms. The maximum Gasteiger partial charge on any atom is 0.188 e. The number of nitrogens with two attached hydrogens (primary N) is 1. The van der Waals surface area contributed by atoms with Crippen molar-refractivity contribution in [2.75, 3.05) is 46.4 Å². The van der Waals surface area contributed by atoms with Crippen LogP contribution in [0.4, 0.5) is 0 Å². The van der Waals surface area contributed by atoms with E-state index in [2.05, 4.69) is 34.2 Å². The summed E-state index contributed by atoms with van der Waals surface area (Å²) in [4.78, 5) is 9.79. The lowest BCUT2D eigenvalue weighted by Gasteiger charge is -2.34. The van der Waals surface area contributed by atoms with Crippen molar-refractivity contribution in [1.82, 2.24) is 15.1 Å². The summed E-state index contributed by atoms with van der Waals surface area (Å²) < 4.78 is 5.64. The van der Waals surface area contributed by atoms with E-state index in [1.54, 1.807) is 7.11 Å². The van der Waals surface area contributed by atoms with Crippen LogP contribution in [0.15, 0.2) is 29.3 Å². The van der Waals surface area contributed by atoms with E-state index >= 15 is 0 Å². The molecule has 2 heterocycles. The first-order chi connectivity index (χ1) is 13.7. The third kappa shape index (κ3) is 6.72. The average molecular weight is 515 g/mol. The fourth-order valence-corrected chi connectivity index (χ4v) is 4.59. The van der Waals surface area contributed by atoms with Gasteiger partial charge in [-0.25, -0.2) is 0 Å². The normalized spacial score (nSPS) is 22.1. The van der Waals surface area contributed by atoms with Gasteiger partial charge in [0, 0.05) is 18.2 Å². The van der Waals surface area contributed by atoms with Crippen molar-refractivity contribution in [2.45, 2.75) is 51.1 Å². The van der Waals surface area contributed by atoms with Crippen LogP contribution in [0.3, 0.4) is 0 Å². The summed E-state index contributed by atoms with van der Waals surface area (Å²) in [6.07, 6.45) is 6.33. The van der Waals surface area contributed by atoms with Crippen LogP contribution in [-0.4, -0.2) is 68.2 Å². The minimum atomic E-state index is 0. The van der Waals surface area contributed by atoms with Crippen molar-refractivity contribution in [1.29, 1.82) is 0 Å². The molecule has 3 rings (SSSR count). The number of para-hydroxylation sites is 1. The molecule has 6 nitrogen and oxygen atoms in total. The first-order valence-electron chi connectivity index (χ1n) is 10.9. The highest BCUT2D eigenvalue weighted by Gasteiger charge is 2.25. The van der Waals surface area contributed by atoms with Gasteiger partial charge in [-0.15, -0.1) is 24.0 Å². The number of nitrogens with zero attached hydrogens (tertiary/aromatic N) is 3. The number of ether oxygens (including phenoxy) is 1. The van der Waals surface area contributed by atoms with Crippen molar-refractivity contribution < 1.29 is 4.74 Å². The molecule has 3 N–H and O–H groups in total. The number of halogens is 1. The van der Waals surface area contributed by atoms with Crippen LogP contribution < -0.4 is 15.8 Å². The number of rotatable bonds is 8. The molecule has 2 atom stereocenters. The number of piperidine rings is 1. The number of guanidine groups is 1. The van der Waals surface area contributed by atoms with Crippen LogP contribution in [-0.2, 0) is 0 Å². The monoisotopic (exact) mass is 515 g/mol. The number of aliphatic imine (C=N–C) groups is 1. The van der Waals surface area contributed by atoms with Crippen LogP contribution in [0.1, 0.15) is 50.6 Å². The number of hydrogen-bond acceptors (Lipinski definition) is 4. The predicted octanol–water partition coefficient (Wildman–Crippen LogP) is 3.23. The summed E-state index contributed by atoms with van der Waals surface area (Å²) in [6.45, 7) is 8.29. The number of hydrogen-bond donors (Lipinski definition) is 2. The fourth-order valence-electron chi connectivity index (χ4n) is 4.59. The molecule has 0 saturated carbocycles. The maximum atomic E-state index is 6.24. The van der Waals surface area contributed by atoms with Gasteiger partial charge in [-0.1, -0.05) is 31.5 Å². The molecule has 0 aliphatic carbocycles. The third-order valence-corrected chi connectivity index (χ3v) is 6.19. The molecule has 2 unspecified atom stereocenters. The topological polar surface area (TPSA) is 66.1 Å². The summed E-state index contributed by atoms with van der Waals surface area (Å²) in [6, 6.07) is 9.09. The Morgan fingerprint density at radius 2 is 1.97 bits per heavy atom. The van der Waals surface area contributed by atoms with E-state index in [-0.39, 0.29) is 30.0 Å². The highest BCUT2D eigenvalue weighted by Crippen LogP contribution is 2.31. The van der Waals surface area contributed by atoms with Gasteiger partial charge in [-0.05, 0) is 57.9 Å². The second-order valence-corrected chi connectivity index (χ2v) is 7.89. The SMILES string of the molecule is CCN1CCCC1CNC(N)=NCC(c1ccccc1OC)N1CCCCC1.I. The van der Waals surface area contributed by atoms with E-state index in [0.717, 1.165) is 31.9 Å². The zero-order chi connectivity index (χ0) is 19.8. The molecule has 1 aromatic rings. The van der Waals surface area contributed by atoms with Crippen molar-refractivity contribution in [3.05, 3.63) is 29.8 Å². The molecule has 0 aromatic heterocycles. The van der Waals surface area contributed by atoms with Crippen molar-refractivity contribution in [3.63, 3.8) is 0 Å². The summed E-state index contributed by atoms with van der Waals surface area (Å²) in [5.74, 6) is 1.49. The van der Waals surface area contributed by atoms with Gasteiger partial charge in [0.2, 0.25) is 0 Å². The molecule has 7 heteroatoms. The second-order valence-electron chi connectivity index (χ2n) is 7.89. The molecule has 2 fully saturated rings. The number of benzene rings is 1. The van der Waals surface area contributed by atoms with Gasteiger partial charge in [-0.2, -0.15) is 0 Å². The number of methoxy groups -OCH3 is 1. The number of likely N-dealkylation sites (tertiary alicyclic amines) is 2. The molecule has 164 valence electrons. The van der Waals surface area contributed by atoms with E-state index in [1.807, 2.05) is 12.1 Å². The Kier molecular flexibility index (Phi) is 10.5. The second kappa shape index (κ2) is 12.6. The van der Waals surface area contributed by atoms with Crippen LogP contribution in [0, 0.1) is 0 Å². The predicted molar refractivity (Wildman–Crippen MR) is 131 cm³/mol. The molecule has 1 aromatic carbocycles. The Balaban J connectivity index is 0.00000300. The first-order valence-corrected chi connectivity index (χ1v) is 10.9. The van der Waals surface area contributed by atoms with E-state index in [0.29, 0.717) is 18.5 Å². The highest BCUT2D eigenvalue weighted by molar-refractivity contribution is 14.0. The summed E-state index contributed by atoms with van der Waals surface area (Å²) in [7, 11) is 1.74. The molecule has 0 bridgehead atoms. The Labute approximate surface area is 193 Å². The quantitative estimate of drug-likeness (QED) is 0.316. The van der Waals surface area contributed by atoms with Gasteiger partial charge in [0.25, 0.3) is 0 Å². The summed E-state index contributed by atoms with van der Waals surface area (Å²) in [5.41, 5.74) is 7.44. The van der Waals surface area contributed by atoms with E-state index in [9.17, 15) is 0 Å². The largest absolute Gasteiger partial charge is 0.496 e. The molecule has 2 saturated heterocycles. The summed E-state index contributed by atoms with van der Waals surface area (Å²) >= 11 is 0. The van der Waals surface area contributed by atoms with Crippen LogP contribution >= 0.6 is 24.0 Å². The van der Waals surface area contributed by atoms with Gasteiger partial charge >= 0.3 is 0 Å². The Bertz CT molecular complexity index is 635. The van der Waals surface area contributed by atoms with E-state index in [4.69, 9.17) is 15.5 Å². The molecule has 0 spiro atoms. The number of nitrogens with one attached hydrogen (secondary N) is 1. The Morgan fingerprint density at radius 1 is 1.21 bits per heavy atom. The lowest BCUT2D eigenvalue weighted by molar-refractivity contribution is 0.165. The summed E-state index contributed by atoms with van der Waals surface area (Å²) in [5, 5.41) is 3.36. The van der Waals surface area contributed by atoms with Crippen LogP contribution in [0.25, 0.3) is 0 Å². The van der Waals surface area contributed by atoms with Gasteiger partial charge in [0.05, 0.1) is 19.7 Å². The van der Waals surface area contributed by atoms with Gasteiger partial charge < -0.3 is 15.8 Å². The first kappa shape index (κ1) is 24.2. The minimum Gasteiger partial charge on any atom is -0.496 e. The minimum absolute atomic E-state index is 0. The standard InChI is InChI=1S/C22H37N5O.HI/c1-3-26-15-9-10-18(26)16-24-22(23)25-17-20(27-13-7-4-8-14-27)19-11-5-6-12-21(19)28-2;/h5-6,11-12,18,20H,3-4,7-10,13-17H2,1-2H3,(H3,23,24,25);1H. The van der Waals surface area contributed by atoms with Crippen LogP contribution in [0.5, 0.6) is 5.75 Å². The Hall–Kier alpha value is -1.06. The maximum absolute atomic E-state index is 6.24. The lowest BCUT2D eigenvalue weighted by Crippen LogP contribution is -2.43. The van der Waals surface area contributed by atoms with Gasteiger partial charge in [0.15, 0.2) is 5.96 Å². The van der Waals surface area contributed by atoms with Crippen molar-refractivity contribution in [3.8, 4) is 5.75 Å². The third-order valence-electron chi connectivity index (χ3n) is 6.19. The zero-order valence-corrected chi connectivity index (χ0v) is 20.3. The van der Waals surface area contributed by atoms with Crippen LogP contribution in [0.2, 0.25) is 0 Å². The van der Waals surface area contributed by atoms with Crippen molar-refractivity contribution in [2.24, 2.45) is 10.7 Å². The van der Waals surface area contributed by atoms with Crippen molar-refractivity contribution >= 4 is 29.9 Å². The van der Waals surface area contributed by atoms with Gasteiger partial charge in [-0.3, -0.25) is 14.8 Å². The molecular formula is C22H38IN5O. The van der Waals surface area contributed by atoms with Gasteiger partial charge in [0.1, 0.15) is 5.75 Å². The smallest absolute Gasteiger partial charge is 0.188 e. The molecule has 0 radical (unpaired) electrons. The average Bonchev–Trinajstić information content (AvgIpc) is 3.21. The molecule has 0 amide bonds. The number of likely N-dealkylation sites (N-methyl/N-ethyl adjacent to an activating group) is 1. The molecular weight excluding hydrogens is 477 g/mol. The van der Waals surface area contributed by atoms with E-state index in [1.165, 1.54) is 44.2 Å². The Morgan fingerprint density at radius 3 is 2.69 bits per heavy atom. The molecule has 2 aliphatic heterocycles. The molecule has 2 aliphatic rings. The highest BCUT2D eigenvalue weighted by atomic mass is 127. The fraction of sp³-hybridized carbons (Fsp3) is 0.682. The van der Waals surface area contributed by atoms with E-state index < -0.39 is 0 Å². The zero-order valence-electron chi connectivity index (χ0n) is 18.0. The lowest BCUT2D eigenvalue weighted by atomic mass is 10.0.